The highest BCUT2D eigenvalue weighted by atomic mass is 32.2. The SMILES string of the molecule is C=C(/C=C\C)CSC. The van der Waals surface area contributed by atoms with Gasteiger partial charge >= 0.3 is 0 Å². The van der Waals surface area contributed by atoms with Gasteiger partial charge in [0.1, 0.15) is 0 Å². The lowest BCUT2D eigenvalue weighted by Gasteiger charge is -1.91. The van der Waals surface area contributed by atoms with E-state index < -0.39 is 0 Å². The first-order valence-corrected chi connectivity index (χ1v) is 4.00. The lowest BCUT2D eigenvalue weighted by molar-refractivity contribution is 1.56. The standard InChI is InChI=1S/C7H12S/c1-4-5-7(2)6-8-3/h4-5H,2,6H2,1,3H3/b5-4-. The second-order valence-corrected chi connectivity index (χ2v) is 2.46. The Labute approximate surface area is 55.7 Å². The van der Waals surface area contributed by atoms with Gasteiger partial charge in [-0.15, -0.1) is 0 Å². The van der Waals surface area contributed by atoms with Crippen molar-refractivity contribution < 1.29 is 0 Å². The molecule has 1 heteroatoms. The van der Waals surface area contributed by atoms with Gasteiger partial charge in [-0.25, -0.2) is 0 Å². The van der Waals surface area contributed by atoms with E-state index in [0.717, 1.165) is 5.75 Å². The van der Waals surface area contributed by atoms with Crippen molar-refractivity contribution in [3.05, 3.63) is 24.3 Å². The summed E-state index contributed by atoms with van der Waals surface area (Å²) in [4.78, 5) is 0. The summed E-state index contributed by atoms with van der Waals surface area (Å²) >= 11 is 1.80. The minimum Gasteiger partial charge on any atom is -0.161 e. The Morgan fingerprint density at radius 3 is 2.75 bits per heavy atom. The molecule has 0 nitrogen and oxygen atoms in total. The molecule has 0 aliphatic heterocycles. The Balaban J connectivity index is 3.33. The first-order chi connectivity index (χ1) is 3.81. The molecule has 0 heterocycles. The van der Waals surface area contributed by atoms with Crippen LogP contribution in [0.3, 0.4) is 0 Å². The van der Waals surface area contributed by atoms with E-state index in [4.69, 9.17) is 0 Å². The molecule has 0 aliphatic rings. The normalized spacial score (nSPS) is 10.2. The van der Waals surface area contributed by atoms with Crippen molar-refractivity contribution in [2.45, 2.75) is 6.92 Å². The van der Waals surface area contributed by atoms with Crippen LogP contribution in [0.15, 0.2) is 24.3 Å². The minimum atomic E-state index is 1.05. The zero-order valence-electron chi connectivity index (χ0n) is 5.48. The average molecular weight is 128 g/mol. The quantitative estimate of drug-likeness (QED) is 0.526. The van der Waals surface area contributed by atoms with Crippen LogP contribution in [0.4, 0.5) is 0 Å². The minimum absolute atomic E-state index is 1.05. The van der Waals surface area contributed by atoms with Gasteiger partial charge in [-0.1, -0.05) is 18.7 Å². The molecular formula is C7H12S. The highest BCUT2D eigenvalue weighted by Crippen LogP contribution is 2.01. The molecule has 0 aromatic carbocycles. The second kappa shape index (κ2) is 4.98. The molecule has 0 aromatic heterocycles. The van der Waals surface area contributed by atoms with Crippen molar-refractivity contribution in [1.29, 1.82) is 0 Å². The third-order valence-corrected chi connectivity index (χ3v) is 1.39. The summed E-state index contributed by atoms with van der Waals surface area (Å²) in [5.41, 5.74) is 1.19. The van der Waals surface area contributed by atoms with E-state index >= 15 is 0 Å². The van der Waals surface area contributed by atoms with Crippen LogP contribution in [-0.2, 0) is 0 Å². The maximum absolute atomic E-state index is 3.83. The third-order valence-electron chi connectivity index (χ3n) is 0.732. The molecule has 0 radical (unpaired) electrons. The largest absolute Gasteiger partial charge is 0.161 e. The van der Waals surface area contributed by atoms with Gasteiger partial charge in [-0.3, -0.25) is 0 Å². The van der Waals surface area contributed by atoms with Crippen LogP contribution < -0.4 is 0 Å². The van der Waals surface area contributed by atoms with Gasteiger partial charge in [0.2, 0.25) is 0 Å². The molecule has 0 saturated heterocycles. The van der Waals surface area contributed by atoms with Gasteiger partial charge in [0.05, 0.1) is 0 Å². The molecule has 0 fully saturated rings. The van der Waals surface area contributed by atoms with Crippen LogP contribution in [0.25, 0.3) is 0 Å². The Morgan fingerprint density at radius 1 is 1.75 bits per heavy atom. The molecule has 0 amide bonds. The zero-order chi connectivity index (χ0) is 6.41. The molecule has 8 heavy (non-hydrogen) atoms. The van der Waals surface area contributed by atoms with E-state index in [1.807, 2.05) is 19.1 Å². The predicted octanol–water partition coefficient (Wildman–Crippen LogP) is 2.48. The molecular weight excluding hydrogens is 116 g/mol. The van der Waals surface area contributed by atoms with Gasteiger partial charge in [-0.05, 0) is 18.8 Å². The molecule has 0 spiro atoms. The van der Waals surface area contributed by atoms with Crippen LogP contribution in [-0.4, -0.2) is 12.0 Å². The van der Waals surface area contributed by atoms with Crippen molar-refractivity contribution in [1.82, 2.24) is 0 Å². The van der Waals surface area contributed by atoms with Gasteiger partial charge in [0.25, 0.3) is 0 Å². The number of hydrogen-bond acceptors (Lipinski definition) is 1. The Kier molecular flexibility index (Phi) is 4.87. The second-order valence-electron chi connectivity index (χ2n) is 1.59. The van der Waals surface area contributed by atoms with E-state index in [1.165, 1.54) is 5.57 Å². The van der Waals surface area contributed by atoms with Crippen molar-refractivity contribution in [2.75, 3.05) is 12.0 Å². The van der Waals surface area contributed by atoms with E-state index in [2.05, 4.69) is 12.8 Å². The van der Waals surface area contributed by atoms with Crippen molar-refractivity contribution in [2.24, 2.45) is 0 Å². The van der Waals surface area contributed by atoms with Crippen LogP contribution in [0.2, 0.25) is 0 Å². The van der Waals surface area contributed by atoms with Crippen molar-refractivity contribution in [3.8, 4) is 0 Å². The first-order valence-electron chi connectivity index (χ1n) is 2.60. The van der Waals surface area contributed by atoms with Crippen LogP contribution >= 0.6 is 11.8 Å². The Hall–Kier alpha value is -0.170. The fourth-order valence-electron chi connectivity index (χ4n) is 0.469. The fraction of sp³-hybridized carbons (Fsp3) is 0.429. The zero-order valence-corrected chi connectivity index (χ0v) is 6.29. The van der Waals surface area contributed by atoms with Crippen LogP contribution in [0.1, 0.15) is 6.92 Å². The summed E-state index contributed by atoms with van der Waals surface area (Å²) in [6.07, 6.45) is 6.13. The Morgan fingerprint density at radius 2 is 2.38 bits per heavy atom. The third kappa shape index (κ3) is 4.00. The van der Waals surface area contributed by atoms with Gasteiger partial charge in [-0.2, -0.15) is 11.8 Å². The number of allylic oxidation sites excluding steroid dienone is 2. The van der Waals surface area contributed by atoms with Crippen LogP contribution in [0, 0.1) is 0 Å². The van der Waals surface area contributed by atoms with Gasteiger partial charge in [0, 0.05) is 5.75 Å². The van der Waals surface area contributed by atoms with Gasteiger partial charge < -0.3 is 0 Å². The molecule has 0 aromatic rings. The fourth-order valence-corrected chi connectivity index (χ4v) is 0.936. The Bertz CT molecular complexity index is 92.6. The lowest BCUT2D eigenvalue weighted by atomic mass is 10.3. The molecule has 46 valence electrons. The number of rotatable bonds is 3. The summed E-state index contributed by atoms with van der Waals surface area (Å²) < 4.78 is 0. The van der Waals surface area contributed by atoms with E-state index in [0.29, 0.717) is 0 Å². The summed E-state index contributed by atoms with van der Waals surface area (Å²) in [5, 5.41) is 0. The van der Waals surface area contributed by atoms with Crippen molar-refractivity contribution in [3.63, 3.8) is 0 Å². The van der Waals surface area contributed by atoms with E-state index in [-0.39, 0.29) is 0 Å². The monoisotopic (exact) mass is 128 g/mol. The molecule has 0 saturated carbocycles. The summed E-state index contributed by atoms with van der Waals surface area (Å²) in [6, 6.07) is 0. The highest BCUT2D eigenvalue weighted by molar-refractivity contribution is 7.98. The lowest BCUT2D eigenvalue weighted by Crippen LogP contribution is -1.76. The van der Waals surface area contributed by atoms with Crippen LogP contribution in [0.5, 0.6) is 0 Å². The number of thioether (sulfide) groups is 1. The van der Waals surface area contributed by atoms with Gasteiger partial charge in [0.15, 0.2) is 0 Å². The molecule has 0 unspecified atom stereocenters. The van der Waals surface area contributed by atoms with E-state index in [1.54, 1.807) is 11.8 Å². The smallest absolute Gasteiger partial charge is 0.0175 e. The molecule has 0 N–H and O–H groups in total. The average Bonchev–Trinajstić information content (AvgIpc) is 1.68. The molecule has 0 bridgehead atoms. The first kappa shape index (κ1) is 7.83. The molecule has 0 atom stereocenters. The summed E-state index contributed by atoms with van der Waals surface area (Å²) in [6.45, 7) is 5.83. The topological polar surface area (TPSA) is 0 Å². The van der Waals surface area contributed by atoms with E-state index in [9.17, 15) is 0 Å². The maximum atomic E-state index is 3.83. The summed E-state index contributed by atoms with van der Waals surface area (Å²) in [7, 11) is 0. The summed E-state index contributed by atoms with van der Waals surface area (Å²) in [5.74, 6) is 1.05. The maximum Gasteiger partial charge on any atom is 0.0175 e. The predicted molar refractivity (Wildman–Crippen MR) is 42.3 cm³/mol. The number of hydrogen-bond donors (Lipinski definition) is 0. The van der Waals surface area contributed by atoms with Crippen molar-refractivity contribution >= 4 is 11.8 Å². The molecule has 0 aliphatic carbocycles. The highest BCUT2D eigenvalue weighted by Gasteiger charge is 1.81. The molecule has 0 rings (SSSR count).